The van der Waals surface area contributed by atoms with Crippen LogP contribution in [0.15, 0.2) is 18.2 Å². The first-order valence-electron chi connectivity index (χ1n) is 4.47. The highest BCUT2D eigenvalue weighted by Crippen LogP contribution is 2.22. The average Bonchev–Trinajstić information content (AvgIpc) is 2.91. The highest BCUT2D eigenvalue weighted by molar-refractivity contribution is 5.80. The molecule has 2 aromatic rings. The molecule has 1 fully saturated rings. The van der Waals surface area contributed by atoms with E-state index in [1.807, 2.05) is 18.2 Å². The first-order chi connectivity index (χ1) is 6.93. The molecule has 5 heteroatoms. The summed E-state index contributed by atoms with van der Waals surface area (Å²) in [6.07, 6.45) is 0.261. The molecule has 1 aliphatic heterocycles. The van der Waals surface area contributed by atoms with E-state index in [1.54, 1.807) is 0 Å². The lowest BCUT2D eigenvalue weighted by Crippen LogP contribution is -2.04. The molecule has 0 aliphatic carbocycles. The van der Waals surface area contributed by atoms with Gasteiger partial charge in [-0.2, -0.15) is 0 Å². The number of aromatic amines is 1. The lowest BCUT2D eigenvalue weighted by Gasteiger charge is -2.03. The molecule has 3 rings (SSSR count). The van der Waals surface area contributed by atoms with Crippen molar-refractivity contribution < 1.29 is 9.47 Å². The van der Waals surface area contributed by atoms with E-state index >= 15 is 0 Å². The Labute approximate surface area is 80.0 Å². The summed E-state index contributed by atoms with van der Waals surface area (Å²) in [6.45, 7) is 1.39. The number of aromatic nitrogens is 3. The third kappa shape index (κ3) is 1.31. The molecule has 14 heavy (non-hydrogen) atoms. The molecule has 0 radical (unpaired) electrons. The van der Waals surface area contributed by atoms with Gasteiger partial charge in [-0.25, -0.2) is 0 Å². The largest absolute Gasteiger partial charge is 0.488 e. The molecule has 1 atom stereocenters. The standard InChI is InChI=1S/C9H9N3O2/c1-2-7-9(11-12-10-7)8(3-1)14-5-6-4-13-6/h1-3,6H,4-5H2,(H,10,11,12). The van der Waals surface area contributed by atoms with Gasteiger partial charge in [0.2, 0.25) is 0 Å². The van der Waals surface area contributed by atoms with Gasteiger partial charge in [-0.1, -0.05) is 11.3 Å². The molecule has 0 bridgehead atoms. The number of hydrogen-bond donors (Lipinski definition) is 1. The number of hydrogen-bond acceptors (Lipinski definition) is 4. The van der Waals surface area contributed by atoms with Crippen molar-refractivity contribution in [2.75, 3.05) is 13.2 Å². The maximum Gasteiger partial charge on any atom is 0.154 e. The van der Waals surface area contributed by atoms with Crippen molar-refractivity contribution in [3.8, 4) is 5.75 Å². The number of fused-ring (bicyclic) bond motifs is 1. The average molecular weight is 191 g/mol. The fourth-order valence-electron chi connectivity index (χ4n) is 1.31. The van der Waals surface area contributed by atoms with Crippen LogP contribution in [0.2, 0.25) is 0 Å². The Kier molecular flexibility index (Phi) is 1.63. The van der Waals surface area contributed by atoms with Gasteiger partial charge in [0.05, 0.1) is 12.1 Å². The first kappa shape index (κ1) is 7.75. The van der Waals surface area contributed by atoms with E-state index in [4.69, 9.17) is 9.47 Å². The maximum atomic E-state index is 5.55. The van der Waals surface area contributed by atoms with Gasteiger partial charge in [0.25, 0.3) is 0 Å². The smallest absolute Gasteiger partial charge is 0.154 e. The molecule has 0 saturated carbocycles. The Morgan fingerprint density at radius 1 is 1.57 bits per heavy atom. The molecule has 1 unspecified atom stereocenters. The van der Waals surface area contributed by atoms with Crippen LogP contribution in [0.1, 0.15) is 0 Å². The van der Waals surface area contributed by atoms with Crippen LogP contribution >= 0.6 is 0 Å². The summed E-state index contributed by atoms with van der Waals surface area (Å²) in [5, 5.41) is 10.5. The third-order valence-electron chi connectivity index (χ3n) is 2.15. The summed E-state index contributed by atoms with van der Waals surface area (Å²) in [5.41, 5.74) is 1.66. The topological polar surface area (TPSA) is 63.3 Å². The zero-order valence-electron chi connectivity index (χ0n) is 7.43. The van der Waals surface area contributed by atoms with Crippen molar-refractivity contribution in [2.45, 2.75) is 6.10 Å². The Balaban J connectivity index is 1.89. The van der Waals surface area contributed by atoms with Gasteiger partial charge in [0.1, 0.15) is 18.5 Å². The van der Waals surface area contributed by atoms with Crippen molar-refractivity contribution in [1.29, 1.82) is 0 Å². The molecule has 0 spiro atoms. The van der Waals surface area contributed by atoms with Crippen LogP contribution in [0.3, 0.4) is 0 Å². The highest BCUT2D eigenvalue weighted by atomic mass is 16.6. The van der Waals surface area contributed by atoms with Gasteiger partial charge in [0.15, 0.2) is 5.52 Å². The molecule has 5 nitrogen and oxygen atoms in total. The van der Waals surface area contributed by atoms with Gasteiger partial charge in [-0.3, -0.25) is 5.10 Å². The molecule has 2 heterocycles. The Morgan fingerprint density at radius 2 is 2.50 bits per heavy atom. The van der Waals surface area contributed by atoms with Gasteiger partial charge in [-0.05, 0) is 12.1 Å². The molecule has 1 aromatic carbocycles. The van der Waals surface area contributed by atoms with Crippen LogP contribution in [-0.2, 0) is 4.74 Å². The fraction of sp³-hybridized carbons (Fsp3) is 0.333. The summed E-state index contributed by atoms with van der Waals surface area (Å²) in [5.74, 6) is 0.756. The molecule has 1 aliphatic rings. The van der Waals surface area contributed by atoms with Crippen LogP contribution in [-0.4, -0.2) is 34.7 Å². The first-order valence-corrected chi connectivity index (χ1v) is 4.47. The van der Waals surface area contributed by atoms with Gasteiger partial charge in [-0.15, -0.1) is 5.10 Å². The zero-order valence-corrected chi connectivity index (χ0v) is 7.43. The van der Waals surface area contributed by atoms with E-state index in [-0.39, 0.29) is 6.10 Å². The van der Waals surface area contributed by atoms with Crippen molar-refractivity contribution in [3.05, 3.63) is 18.2 Å². The predicted molar refractivity (Wildman–Crippen MR) is 49.1 cm³/mol. The van der Waals surface area contributed by atoms with E-state index in [0.717, 1.165) is 23.4 Å². The minimum absolute atomic E-state index is 0.261. The lowest BCUT2D eigenvalue weighted by molar-refractivity contribution is 0.265. The number of rotatable bonds is 3. The highest BCUT2D eigenvalue weighted by Gasteiger charge is 2.23. The Hall–Kier alpha value is -1.62. The lowest BCUT2D eigenvalue weighted by atomic mass is 10.3. The fourth-order valence-corrected chi connectivity index (χ4v) is 1.31. The number of epoxide rings is 1. The van der Waals surface area contributed by atoms with Gasteiger partial charge in [0, 0.05) is 0 Å². The van der Waals surface area contributed by atoms with Crippen LogP contribution in [0, 0.1) is 0 Å². The maximum absolute atomic E-state index is 5.55. The van der Waals surface area contributed by atoms with Crippen molar-refractivity contribution in [1.82, 2.24) is 15.4 Å². The predicted octanol–water partition coefficient (Wildman–Crippen LogP) is 0.735. The summed E-state index contributed by atoms with van der Waals surface area (Å²) >= 11 is 0. The quantitative estimate of drug-likeness (QED) is 0.726. The minimum atomic E-state index is 0.261. The summed E-state index contributed by atoms with van der Waals surface area (Å²) in [6, 6.07) is 5.70. The van der Waals surface area contributed by atoms with Crippen LogP contribution in [0.25, 0.3) is 11.0 Å². The molecular formula is C9H9N3O2. The molecule has 1 saturated heterocycles. The minimum Gasteiger partial charge on any atom is -0.488 e. The van der Waals surface area contributed by atoms with Crippen LogP contribution < -0.4 is 4.74 Å². The third-order valence-corrected chi connectivity index (χ3v) is 2.15. The molecule has 0 amide bonds. The number of H-pyrrole nitrogens is 1. The molecule has 1 N–H and O–H groups in total. The van der Waals surface area contributed by atoms with E-state index < -0.39 is 0 Å². The van der Waals surface area contributed by atoms with E-state index in [2.05, 4.69) is 15.4 Å². The van der Waals surface area contributed by atoms with Crippen molar-refractivity contribution >= 4 is 11.0 Å². The number of ether oxygens (including phenoxy) is 2. The second-order valence-corrected chi connectivity index (χ2v) is 3.23. The number of nitrogens with zero attached hydrogens (tertiary/aromatic N) is 2. The molecular weight excluding hydrogens is 182 g/mol. The summed E-state index contributed by atoms with van der Waals surface area (Å²) < 4.78 is 10.6. The van der Waals surface area contributed by atoms with Crippen molar-refractivity contribution in [2.24, 2.45) is 0 Å². The summed E-state index contributed by atoms with van der Waals surface area (Å²) in [4.78, 5) is 0. The van der Waals surface area contributed by atoms with Gasteiger partial charge >= 0.3 is 0 Å². The summed E-state index contributed by atoms with van der Waals surface area (Å²) in [7, 11) is 0. The SMILES string of the molecule is c1cc(OCC2CO2)c2nn[nH]c2c1. The van der Waals surface area contributed by atoms with Gasteiger partial charge < -0.3 is 9.47 Å². The van der Waals surface area contributed by atoms with Crippen molar-refractivity contribution in [3.63, 3.8) is 0 Å². The normalized spacial score (nSPS) is 19.9. The Bertz CT molecular complexity index is 450. The second kappa shape index (κ2) is 2.95. The molecule has 1 aromatic heterocycles. The van der Waals surface area contributed by atoms with E-state index in [1.165, 1.54) is 0 Å². The Morgan fingerprint density at radius 3 is 3.36 bits per heavy atom. The van der Waals surface area contributed by atoms with Crippen LogP contribution in [0.5, 0.6) is 5.75 Å². The van der Waals surface area contributed by atoms with E-state index in [9.17, 15) is 0 Å². The zero-order chi connectivity index (χ0) is 9.38. The number of benzene rings is 1. The second-order valence-electron chi connectivity index (χ2n) is 3.23. The molecule has 72 valence electrons. The monoisotopic (exact) mass is 191 g/mol. The van der Waals surface area contributed by atoms with Crippen LogP contribution in [0.4, 0.5) is 0 Å². The number of nitrogens with one attached hydrogen (secondary N) is 1. The van der Waals surface area contributed by atoms with E-state index in [0.29, 0.717) is 6.61 Å².